The fourth-order valence-corrected chi connectivity index (χ4v) is 2.18. The lowest BCUT2D eigenvalue weighted by atomic mass is 10.2. The highest BCUT2D eigenvalue weighted by Crippen LogP contribution is 2.16. The van der Waals surface area contributed by atoms with Gasteiger partial charge in [0, 0.05) is 24.5 Å². The Morgan fingerprint density at radius 1 is 1.47 bits per heavy atom. The Labute approximate surface area is 93.0 Å². The van der Waals surface area contributed by atoms with Crippen molar-refractivity contribution in [3.8, 4) is 0 Å². The van der Waals surface area contributed by atoms with Gasteiger partial charge < -0.3 is 11.1 Å². The first-order chi connectivity index (χ1) is 7.25. The molecule has 0 atom stereocenters. The Morgan fingerprint density at radius 2 is 2.33 bits per heavy atom. The number of nitrogens with zero attached hydrogens (tertiary/aromatic N) is 1. The van der Waals surface area contributed by atoms with Gasteiger partial charge in [-0.05, 0) is 34.9 Å². The van der Waals surface area contributed by atoms with Crippen molar-refractivity contribution in [1.82, 2.24) is 4.98 Å². The second kappa shape index (κ2) is 4.31. The van der Waals surface area contributed by atoms with Gasteiger partial charge in [-0.25, -0.2) is 4.98 Å². The molecular weight excluding hydrogens is 206 g/mol. The van der Waals surface area contributed by atoms with Gasteiger partial charge in [0.05, 0.1) is 0 Å². The summed E-state index contributed by atoms with van der Waals surface area (Å²) in [6.45, 7) is 2.95. The zero-order valence-corrected chi connectivity index (χ0v) is 9.34. The standard InChI is InChI=1S/C11H13N3S/c1-8-6-15-7-9(8)5-14-10-2-3-13-11(12)4-10/h2-4,6-7H,5H2,1H3,(H3,12,13,14). The Kier molecular flexibility index (Phi) is 2.87. The van der Waals surface area contributed by atoms with Gasteiger partial charge in [0.15, 0.2) is 0 Å². The number of nitrogens with one attached hydrogen (secondary N) is 1. The maximum absolute atomic E-state index is 5.59. The SMILES string of the molecule is Cc1cscc1CNc1ccnc(N)c1. The van der Waals surface area contributed by atoms with Crippen LogP contribution in [-0.4, -0.2) is 4.98 Å². The van der Waals surface area contributed by atoms with E-state index in [-0.39, 0.29) is 0 Å². The second-order valence-corrected chi connectivity index (χ2v) is 4.15. The second-order valence-electron chi connectivity index (χ2n) is 3.40. The fraction of sp³-hybridized carbons (Fsp3) is 0.182. The van der Waals surface area contributed by atoms with E-state index in [0.717, 1.165) is 12.2 Å². The lowest BCUT2D eigenvalue weighted by Gasteiger charge is -2.06. The topological polar surface area (TPSA) is 50.9 Å². The van der Waals surface area contributed by atoms with Crippen molar-refractivity contribution in [2.75, 3.05) is 11.1 Å². The minimum absolute atomic E-state index is 0.544. The summed E-state index contributed by atoms with van der Waals surface area (Å²) in [6.07, 6.45) is 1.71. The average molecular weight is 219 g/mol. The van der Waals surface area contributed by atoms with E-state index in [4.69, 9.17) is 5.73 Å². The molecule has 2 rings (SSSR count). The molecule has 2 aromatic heterocycles. The Bertz CT molecular complexity index is 451. The molecule has 0 aromatic carbocycles. The van der Waals surface area contributed by atoms with E-state index < -0.39 is 0 Å². The highest BCUT2D eigenvalue weighted by molar-refractivity contribution is 7.08. The van der Waals surface area contributed by atoms with Crippen LogP contribution < -0.4 is 11.1 Å². The Morgan fingerprint density at radius 3 is 3.00 bits per heavy atom. The predicted molar refractivity (Wildman–Crippen MR) is 65.0 cm³/mol. The number of aryl methyl sites for hydroxylation is 1. The minimum atomic E-state index is 0.544. The number of aromatic nitrogens is 1. The lowest BCUT2D eigenvalue weighted by molar-refractivity contribution is 1.13. The van der Waals surface area contributed by atoms with Gasteiger partial charge in [0.25, 0.3) is 0 Å². The van der Waals surface area contributed by atoms with Crippen molar-refractivity contribution < 1.29 is 0 Å². The van der Waals surface area contributed by atoms with E-state index in [1.54, 1.807) is 17.5 Å². The van der Waals surface area contributed by atoms with Crippen LogP contribution in [0.1, 0.15) is 11.1 Å². The van der Waals surface area contributed by atoms with Gasteiger partial charge in [-0.1, -0.05) is 0 Å². The monoisotopic (exact) mass is 219 g/mol. The van der Waals surface area contributed by atoms with Gasteiger partial charge in [-0.3, -0.25) is 0 Å². The molecule has 0 aliphatic rings. The molecule has 3 N–H and O–H groups in total. The molecule has 0 spiro atoms. The van der Waals surface area contributed by atoms with E-state index in [1.165, 1.54) is 11.1 Å². The molecule has 0 saturated carbocycles. The highest BCUT2D eigenvalue weighted by atomic mass is 32.1. The summed E-state index contributed by atoms with van der Waals surface area (Å²) in [5, 5.41) is 7.63. The summed E-state index contributed by atoms with van der Waals surface area (Å²) >= 11 is 1.73. The molecule has 0 aliphatic heterocycles. The van der Waals surface area contributed by atoms with Gasteiger partial charge in [0.1, 0.15) is 5.82 Å². The van der Waals surface area contributed by atoms with E-state index in [9.17, 15) is 0 Å². The highest BCUT2D eigenvalue weighted by Gasteiger charge is 1.99. The smallest absolute Gasteiger partial charge is 0.125 e. The van der Waals surface area contributed by atoms with Crippen molar-refractivity contribution in [3.63, 3.8) is 0 Å². The summed E-state index contributed by atoms with van der Waals surface area (Å²) in [5.41, 5.74) is 9.25. The third kappa shape index (κ3) is 2.47. The molecule has 15 heavy (non-hydrogen) atoms. The molecule has 0 saturated heterocycles. The average Bonchev–Trinajstić information content (AvgIpc) is 2.61. The number of anilines is 2. The molecule has 0 amide bonds. The van der Waals surface area contributed by atoms with Crippen LogP contribution >= 0.6 is 11.3 Å². The van der Waals surface area contributed by atoms with Crippen LogP contribution in [0.25, 0.3) is 0 Å². The first kappa shape index (κ1) is 9.98. The molecular formula is C11H13N3S. The molecule has 0 aliphatic carbocycles. The fourth-order valence-electron chi connectivity index (χ4n) is 1.32. The van der Waals surface area contributed by atoms with Crippen LogP contribution in [-0.2, 0) is 6.54 Å². The quantitative estimate of drug-likeness (QED) is 0.834. The minimum Gasteiger partial charge on any atom is -0.384 e. The van der Waals surface area contributed by atoms with Gasteiger partial charge >= 0.3 is 0 Å². The van der Waals surface area contributed by atoms with Crippen LogP contribution in [0.15, 0.2) is 29.1 Å². The molecule has 0 unspecified atom stereocenters. The molecule has 0 fully saturated rings. The number of hydrogen-bond donors (Lipinski definition) is 2. The first-order valence-electron chi connectivity index (χ1n) is 4.73. The zero-order chi connectivity index (χ0) is 10.7. The van der Waals surface area contributed by atoms with Gasteiger partial charge in [0.2, 0.25) is 0 Å². The maximum Gasteiger partial charge on any atom is 0.125 e. The van der Waals surface area contributed by atoms with E-state index in [1.807, 2.05) is 12.1 Å². The maximum atomic E-state index is 5.59. The van der Waals surface area contributed by atoms with Gasteiger partial charge in [-0.15, -0.1) is 0 Å². The molecule has 78 valence electrons. The zero-order valence-electron chi connectivity index (χ0n) is 8.53. The Hall–Kier alpha value is -1.55. The van der Waals surface area contributed by atoms with E-state index in [0.29, 0.717) is 5.82 Å². The third-order valence-corrected chi connectivity index (χ3v) is 3.14. The van der Waals surface area contributed by atoms with Crippen molar-refractivity contribution in [1.29, 1.82) is 0 Å². The molecule has 4 heteroatoms. The molecule has 3 nitrogen and oxygen atoms in total. The summed E-state index contributed by atoms with van der Waals surface area (Å²) < 4.78 is 0. The molecule has 2 heterocycles. The molecule has 2 aromatic rings. The lowest BCUT2D eigenvalue weighted by Crippen LogP contribution is -2.00. The van der Waals surface area contributed by atoms with E-state index >= 15 is 0 Å². The van der Waals surface area contributed by atoms with Crippen molar-refractivity contribution in [3.05, 3.63) is 40.2 Å². The number of rotatable bonds is 3. The van der Waals surface area contributed by atoms with Crippen LogP contribution in [0.2, 0.25) is 0 Å². The molecule has 0 bridgehead atoms. The normalized spacial score (nSPS) is 10.2. The number of thiophene rings is 1. The summed E-state index contributed by atoms with van der Waals surface area (Å²) in [5.74, 6) is 0.544. The third-order valence-electron chi connectivity index (χ3n) is 2.23. The van der Waals surface area contributed by atoms with Crippen LogP contribution in [0.4, 0.5) is 11.5 Å². The number of nitrogen functional groups attached to an aromatic ring is 1. The summed E-state index contributed by atoms with van der Waals surface area (Å²) in [6, 6.07) is 3.75. The van der Waals surface area contributed by atoms with Crippen molar-refractivity contribution in [2.24, 2.45) is 0 Å². The number of hydrogen-bond acceptors (Lipinski definition) is 4. The van der Waals surface area contributed by atoms with Crippen molar-refractivity contribution in [2.45, 2.75) is 13.5 Å². The Balaban J connectivity index is 2.02. The van der Waals surface area contributed by atoms with Crippen molar-refractivity contribution >= 4 is 22.8 Å². The van der Waals surface area contributed by atoms with Gasteiger partial charge in [-0.2, -0.15) is 11.3 Å². The number of pyridine rings is 1. The first-order valence-corrected chi connectivity index (χ1v) is 5.67. The summed E-state index contributed by atoms with van der Waals surface area (Å²) in [4.78, 5) is 3.94. The largest absolute Gasteiger partial charge is 0.384 e. The van der Waals surface area contributed by atoms with E-state index in [2.05, 4.69) is 28.0 Å². The van der Waals surface area contributed by atoms with Crippen LogP contribution in [0, 0.1) is 6.92 Å². The summed E-state index contributed by atoms with van der Waals surface area (Å²) in [7, 11) is 0. The molecule has 0 radical (unpaired) electrons. The predicted octanol–water partition coefficient (Wildman–Crippen LogP) is 2.65. The van der Waals surface area contributed by atoms with Crippen LogP contribution in [0.5, 0.6) is 0 Å². The number of nitrogens with two attached hydrogens (primary N) is 1. The van der Waals surface area contributed by atoms with Crippen LogP contribution in [0.3, 0.4) is 0 Å².